The minimum Gasteiger partial charge on any atom is -0.493 e. The Bertz CT molecular complexity index is 879. The van der Waals surface area contributed by atoms with Gasteiger partial charge in [-0.05, 0) is 37.6 Å². The molecular weight excluding hydrogens is 390 g/mol. The van der Waals surface area contributed by atoms with E-state index in [4.69, 9.17) is 16.3 Å². The van der Waals surface area contributed by atoms with Gasteiger partial charge in [-0.1, -0.05) is 30.7 Å². The molecule has 1 amide bonds. The van der Waals surface area contributed by atoms with Crippen molar-refractivity contribution in [2.45, 2.75) is 39.1 Å². The van der Waals surface area contributed by atoms with Crippen molar-refractivity contribution in [2.24, 2.45) is 0 Å². The van der Waals surface area contributed by atoms with Crippen molar-refractivity contribution in [3.63, 3.8) is 0 Å². The third-order valence-corrected chi connectivity index (χ3v) is 5.08. The Labute approximate surface area is 167 Å². The summed E-state index contributed by atoms with van der Waals surface area (Å²) in [4.78, 5) is 14.9. The third-order valence-electron chi connectivity index (χ3n) is 4.80. The summed E-state index contributed by atoms with van der Waals surface area (Å²) >= 11 is 6.20. The zero-order chi connectivity index (χ0) is 20.4. The summed E-state index contributed by atoms with van der Waals surface area (Å²) in [7, 11) is 1.34. The number of nitrogens with one attached hydrogen (secondary N) is 1. The number of fused-ring (bicyclic) bond motifs is 1. The van der Waals surface area contributed by atoms with Crippen molar-refractivity contribution < 1.29 is 23.0 Å². The lowest BCUT2D eigenvalue weighted by Crippen LogP contribution is -2.47. The van der Waals surface area contributed by atoms with Crippen LogP contribution in [0.4, 0.5) is 14.5 Å². The summed E-state index contributed by atoms with van der Waals surface area (Å²) < 4.78 is 35.1. The molecule has 0 spiro atoms. The van der Waals surface area contributed by atoms with E-state index in [0.717, 1.165) is 6.42 Å². The van der Waals surface area contributed by atoms with Crippen molar-refractivity contribution in [2.75, 3.05) is 12.4 Å². The molecule has 8 heteroatoms. The van der Waals surface area contributed by atoms with E-state index in [1.807, 2.05) is 32.0 Å². The molecular formula is C20H21ClF2N2O3. The molecule has 0 aromatic heterocycles. The summed E-state index contributed by atoms with van der Waals surface area (Å²) in [6, 6.07) is 10.2. The number of nitrogens with zero attached hydrogens (tertiary/aromatic N) is 1. The average Bonchev–Trinajstić information content (AvgIpc) is 2.68. The van der Waals surface area contributed by atoms with Crippen LogP contribution in [-0.4, -0.2) is 30.6 Å². The van der Waals surface area contributed by atoms with Gasteiger partial charge in [0, 0.05) is 17.3 Å². The van der Waals surface area contributed by atoms with E-state index in [2.05, 4.69) is 10.1 Å². The van der Waals surface area contributed by atoms with Crippen LogP contribution < -0.4 is 14.8 Å². The molecule has 0 aliphatic carbocycles. The van der Waals surface area contributed by atoms with Crippen molar-refractivity contribution in [3.8, 4) is 11.5 Å². The lowest BCUT2D eigenvalue weighted by Gasteiger charge is -2.41. The maximum absolute atomic E-state index is 13.2. The van der Waals surface area contributed by atoms with Crippen molar-refractivity contribution in [1.82, 2.24) is 4.90 Å². The van der Waals surface area contributed by atoms with Gasteiger partial charge < -0.3 is 19.7 Å². The summed E-state index contributed by atoms with van der Waals surface area (Å²) in [5.74, 6) is -0.280. The molecule has 1 heterocycles. The second kappa shape index (κ2) is 8.22. The first-order chi connectivity index (χ1) is 13.4. The highest BCUT2D eigenvalue weighted by atomic mass is 35.5. The van der Waals surface area contributed by atoms with Crippen molar-refractivity contribution >= 4 is 23.2 Å². The number of para-hydroxylation sites is 1. The van der Waals surface area contributed by atoms with E-state index in [9.17, 15) is 13.6 Å². The maximum atomic E-state index is 13.2. The van der Waals surface area contributed by atoms with Gasteiger partial charge in [0.15, 0.2) is 11.5 Å². The molecule has 5 nitrogen and oxygen atoms in total. The first-order valence-electron chi connectivity index (χ1n) is 8.87. The average molecular weight is 411 g/mol. The van der Waals surface area contributed by atoms with Crippen LogP contribution in [0.25, 0.3) is 0 Å². The Morgan fingerprint density at radius 2 is 2.00 bits per heavy atom. The van der Waals surface area contributed by atoms with Gasteiger partial charge in [-0.3, -0.25) is 4.79 Å². The van der Waals surface area contributed by atoms with Gasteiger partial charge in [0.05, 0.1) is 17.7 Å². The SMILES string of the molecule is CC[C@H](C)N1C(=O)c2ccccc2N[C@H]1c1cc(Cl)c(OC(F)F)c(OC)c1. The number of amides is 1. The number of halogens is 3. The molecule has 0 saturated carbocycles. The lowest BCUT2D eigenvalue weighted by atomic mass is 10.0. The molecule has 0 radical (unpaired) electrons. The molecule has 2 aromatic carbocycles. The Balaban J connectivity index is 2.10. The second-order valence-corrected chi connectivity index (χ2v) is 6.88. The Kier molecular flexibility index (Phi) is 5.93. The van der Waals surface area contributed by atoms with E-state index >= 15 is 0 Å². The number of alkyl halides is 2. The molecule has 0 saturated heterocycles. The monoisotopic (exact) mass is 410 g/mol. The van der Waals surface area contributed by atoms with Crippen LogP contribution in [0.2, 0.25) is 5.02 Å². The van der Waals surface area contributed by atoms with Gasteiger partial charge in [0.2, 0.25) is 0 Å². The molecule has 1 aliphatic rings. The second-order valence-electron chi connectivity index (χ2n) is 6.47. The van der Waals surface area contributed by atoms with Gasteiger partial charge in [-0.2, -0.15) is 8.78 Å². The number of rotatable bonds is 6. The van der Waals surface area contributed by atoms with Crippen LogP contribution in [0.15, 0.2) is 36.4 Å². The first kappa shape index (κ1) is 20.2. The smallest absolute Gasteiger partial charge is 0.387 e. The summed E-state index contributed by atoms with van der Waals surface area (Å²) in [5.41, 5.74) is 1.88. The number of methoxy groups -OCH3 is 1. The number of carbonyl (C=O) groups excluding carboxylic acids is 1. The molecule has 1 aliphatic heterocycles. The van der Waals surface area contributed by atoms with Gasteiger partial charge in [-0.15, -0.1) is 0 Å². The summed E-state index contributed by atoms with van der Waals surface area (Å²) in [6.07, 6.45) is 0.202. The fourth-order valence-electron chi connectivity index (χ4n) is 3.27. The predicted octanol–water partition coefficient (Wildman–Crippen LogP) is 5.32. The van der Waals surface area contributed by atoms with Crippen LogP contribution in [-0.2, 0) is 0 Å². The summed E-state index contributed by atoms with van der Waals surface area (Å²) in [6.45, 7) is 0.908. The quantitative estimate of drug-likeness (QED) is 0.700. The minimum atomic E-state index is -3.03. The third kappa shape index (κ3) is 3.71. The standard InChI is InChI=1S/C20H21ClF2N2O3/c1-4-11(2)25-18(24-15-8-6-5-7-13(15)19(25)26)12-9-14(21)17(28-20(22)23)16(10-12)27-3/h5-11,18,20,24H,4H2,1-3H3/t11-,18+/m0/s1. The van der Waals surface area contributed by atoms with E-state index < -0.39 is 12.8 Å². The number of benzene rings is 2. The lowest BCUT2D eigenvalue weighted by molar-refractivity contribution is -0.0511. The zero-order valence-corrected chi connectivity index (χ0v) is 16.5. The number of hydrogen-bond acceptors (Lipinski definition) is 4. The fourth-order valence-corrected chi connectivity index (χ4v) is 3.53. The van der Waals surface area contributed by atoms with E-state index in [1.165, 1.54) is 13.2 Å². The Morgan fingerprint density at radius 3 is 2.64 bits per heavy atom. The largest absolute Gasteiger partial charge is 0.493 e. The Hall–Kier alpha value is -2.54. The molecule has 28 heavy (non-hydrogen) atoms. The number of anilines is 1. The van der Waals surface area contributed by atoms with Gasteiger partial charge >= 0.3 is 6.61 Å². The Morgan fingerprint density at radius 1 is 1.29 bits per heavy atom. The van der Waals surface area contributed by atoms with E-state index in [0.29, 0.717) is 16.8 Å². The zero-order valence-electron chi connectivity index (χ0n) is 15.7. The predicted molar refractivity (Wildman–Crippen MR) is 103 cm³/mol. The van der Waals surface area contributed by atoms with E-state index in [-0.39, 0.29) is 28.5 Å². The number of carbonyl (C=O) groups is 1. The van der Waals surface area contributed by atoms with Gasteiger partial charge in [0.25, 0.3) is 5.91 Å². The van der Waals surface area contributed by atoms with Gasteiger partial charge in [0.1, 0.15) is 6.17 Å². The molecule has 0 fully saturated rings. The highest BCUT2D eigenvalue weighted by Crippen LogP contribution is 2.42. The normalized spacial score (nSPS) is 17.2. The highest BCUT2D eigenvalue weighted by molar-refractivity contribution is 6.32. The molecule has 3 rings (SSSR count). The van der Waals surface area contributed by atoms with E-state index in [1.54, 1.807) is 17.0 Å². The topological polar surface area (TPSA) is 50.8 Å². The maximum Gasteiger partial charge on any atom is 0.387 e. The van der Waals surface area contributed by atoms with Crippen molar-refractivity contribution in [1.29, 1.82) is 0 Å². The van der Waals surface area contributed by atoms with Crippen LogP contribution in [0.1, 0.15) is 42.4 Å². The number of ether oxygens (including phenoxy) is 2. The van der Waals surface area contributed by atoms with Crippen molar-refractivity contribution in [3.05, 3.63) is 52.5 Å². The molecule has 0 bridgehead atoms. The first-order valence-corrected chi connectivity index (χ1v) is 9.25. The van der Waals surface area contributed by atoms with Gasteiger partial charge in [-0.25, -0.2) is 0 Å². The van der Waals surface area contributed by atoms with Crippen LogP contribution in [0, 0.1) is 0 Å². The van der Waals surface area contributed by atoms with Crippen LogP contribution in [0.5, 0.6) is 11.5 Å². The fraction of sp³-hybridized carbons (Fsp3) is 0.350. The molecule has 150 valence electrons. The molecule has 0 unspecified atom stereocenters. The number of hydrogen-bond donors (Lipinski definition) is 1. The van der Waals surface area contributed by atoms with Crippen LogP contribution in [0.3, 0.4) is 0 Å². The molecule has 2 aromatic rings. The highest BCUT2D eigenvalue weighted by Gasteiger charge is 2.36. The van der Waals surface area contributed by atoms with Crippen LogP contribution >= 0.6 is 11.6 Å². The summed E-state index contributed by atoms with van der Waals surface area (Å²) in [5, 5.41) is 3.33. The molecule has 2 atom stereocenters. The minimum absolute atomic E-state index is 0.0214. The molecule has 1 N–H and O–H groups in total.